The topological polar surface area (TPSA) is 83.9 Å². The van der Waals surface area contributed by atoms with E-state index in [0.29, 0.717) is 4.31 Å². The van der Waals surface area contributed by atoms with Crippen LogP contribution in [0.15, 0.2) is 0 Å². The minimum absolute atomic E-state index is 0.0895. The molecule has 1 fully saturated rings. The molecule has 6 nitrogen and oxygen atoms in total. The van der Waals surface area contributed by atoms with E-state index < -0.39 is 22.4 Å². The third-order valence-corrected chi connectivity index (χ3v) is 3.23. The van der Waals surface area contributed by atoms with Crippen LogP contribution in [0.25, 0.3) is 0 Å². The van der Waals surface area contributed by atoms with Crippen LogP contribution in [0.2, 0.25) is 0 Å². The van der Waals surface area contributed by atoms with Gasteiger partial charge in [0, 0.05) is 0 Å². The van der Waals surface area contributed by atoms with Crippen molar-refractivity contribution in [3.05, 3.63) is 0 Å². The number of hydrogen-bond acceptors (Lipinski definition) is 4. The lowest BCUT2D eigenvalue weighted by Crippen LogP contribution is -2.41. The molecule has 1 heterocycles. The molecule has 0 aliphatic carbocycles. The Morgan fingerprint density at radius 2 is 2.15 bits per heavy atom. The van der Waals surface area contributed by atoms with Crippen LogP contribution >= 0.6 is 0 Å². The summed E-state index contributed by atoms with van der Waals surface area (Å²) in [7, 11) is -4.05. The van der Waals surface area contributed by atoms with E-state index in [9.17, 15) is 13.2 Å². The maximum Gasteiger partial charge on any atom is 0.423 e. The molecule has 1 rings (SSSR count). The van der Waals surface area contributed by atoms with Crippen LogP contribution in [-0.4, -0.2) is 36.6 Å². The zero-order valence-corrected chi connectivity index (χ0v) is 8.11. The molecule has 13 heavy (non-hydrogen) atoms. The molecule has 1 amide bonds. The summed E-state index contributed by atoms with van der Waals surface area (Å²) in [5.74, 6) is -0.0895. The second kappa shape index (κ2) is 3.15. The zero-order valence-electron chi connectivity index (χ0n) is 7.30. The van der Waals surface area contributed by atoms with Crippen molar-refractivity contribution in [2.75, 3.05) is 6.61 Å². The van der Waals surface area contributed by atoms with E-state index in [1.54, 1.807) is 13.8 Å². The Balaban J connectivity index is 3.00. The van der Waals surface area contributed by atoms with E-state index >= 15 is 0 Å². The summed E-state index contributed by atoms with van der Waals surface area (Å²) < 4.78 is 26.9. The fourth-order valence-electron chi connectivity index (χ4n) is 1.15. The van der Waals surface area contributed by atoms with Crippen molar-refractivity contribution in [3.8, 4) is 0 Å². The van der Waals surface area contributed by atoms with Gasteiger partial charge in [0.25, 0.3) is 0 Å². The van der Waals surface area contributed by atoms with Crippen LogP contribution in [-0.2, 0) is 14.5 Å². The summed E-state index contributed by atoms with van der Waals surface area (Å²) in [4.78, 5) is 10.6. The predicted molar refractivity (Wildman–Crippen MR) is 43.4 cm³/mol. The first-order valence-electron chi connectivity index (χ1n) is 3.78. The van der Waals surface area contributed by atoms with Crippen molar-refractivity contribution in [3.63, 3.8) is 0 Å². The fraction of sp³-hybridized carbons (Fsp3) is 0.833. The lowest BCUT2D eigenvalue weighted by Gasteiger charge is -2.19. The Labute approximate surface area is 76.4 Å². The van der Waals surface area contributed by atoms with Crippen molar-refractivity contribution < 1.29 is 22.5 Å². The Morgan fingerprint density at radius 3 is 2.46 bits per heavy atom. The molecule has 0 bridgehead atoms. The van der Waals surface area contributed by atoms with Gasteiger partial charge in [0.1, 0.15) is 0 Å². The number of carboxylic acid groups (broad SMARTS) is 1. The minimum Gasteiger partial charge on any atom is -0.464 e. The van der Waals surface area contributed by atoms with E-state index in [1.807, 2.05) is 0 Å². The Morgan fingerprint density at radius 1 is 1.62 bits per heavy atom. The first-order valence-corrected chi connectivity index (χ1v) is 5.14. The van der Waals surface area contributed by atoms with Crippen molar-refractivity contribution >= 4 is 16.4 Å². The molecule has 0 saturated carbocycles. The third-order valence-electron chi connectivity index (χ3n) is 1.89. The highest BCUT2D eigenvalue weighted by molar-refractivity contribution is 7.85. The van der Waals surface area contributed by atoms with E-state index in [0.717, 1.165) is 0 Å². The van der Waals surface area contributed by atoms with Crippen LogP contribution in [0, 0.1) is 5.92 Å². The smallest absolute Gasteiger partial charge is 0.423 e. The maximum absolute atomic E-state index is 11.0. The van der Waals surface area contributed by atoms with Crippen LogP contribution < -0.4 is 0 Å². The Kier molecular flexibility index (Phi) is 2.49. The molecule has 1 aliphatic rings. The number of rotatable bonds is 1. The number of amides is 1. The van der Waals surface area contributed by atoms with Crippen molar-refractivity contribution in [1.29, 1.82) is 0 Å². The molecular formula is C6H11NO5S. The molecular weight excluding hydrogens is 198 g/mol. The van der Waals surface area contributed by atoms with E-state index in [2.05, 4.69) is 4.18 Å². The second-order valence-electron chi connectivity index (χ2n) is 3.13. The van der Waals surface area contributed by atoms with Gasteiger partial charge in [-0.2, -0.15) is 12.7 Å². The first kappa shape index (κ1) is 10.3. The Hall–Kier alpha value is -0.820. The number of carbonyl (C=O) groups is 1. The van der Waals surface area contributed by atoms with Gasteiger partial charge in [-0.3, -0.25) is 4.18 Å². The normalized spacial score (nSPS) is 26.7. The average molecular weight is 209 g/mol. The molecule has 1 atom stereocenters. The molecule has 76 valence electrons. The number of nitrogens with zero attached hydrogens (tertiary/aromatic N) is 1. The number of hydrogen-bond donors (Lipinski definition) is 1. The van der Waals surface area contributed by atoms with Gasteiger partial charge in [-0.15, -0.1) is 0 Å². The fourth-order valence-corrected chi connectivity index (χ4v) is 2.40. The highest BCUT2D eigenvalue weighted by atomic mass is 32.2. The zero-order chi connectivity index (χ0) is 10.2. The molecule has 0 aromatic rings. The van der Waals surface area contributed by atoms with Gasteiger partial charge in [0.05, 0.1) is 12.6 Å². The van der Waals surface area contributed by atoms with Gasteiger partial charge in [-0.1, -0.05) is 13.8 Å². The second-order valence-corrected chi connectivity index (χ2v) is 4.62. The van der Waals surface area contributed by atoms with Crippen LogP contribution in [0.3, 0.4) is 0 Å². The summed E-state index contributed by atoms with van der Waals surface area (Å²) in [6.07, 6.45) is -1.49. The van der Waals surface area contributed by atoms with Crippen LogP contribution in [0.4, 0.5) is 4.79 Å². The highest BCUT2D eigenvalue weighted by Gasteiger charge is 2.43. The monoisotopic (exact) mass is 209 g/mol. The third kappa shape index (κ3) is 1.75. The summed E-state index contributed by atoms with van der Waals surface area (Å²) in [6.45, 7) is 3.39. The largest absolute Gasteiger partial charge is 0.464 e. The Bertz CT molecular complexity index is 309. The lowest BCUT2D eigenvalue weighted by molar-refractivity contribution is 0.155. The van der Waals surface area contributed by atoms with Gasteiger partial charge < -0.3 is 5.11 Å². The lowest BCUT2D eigenvalue weighted by atomic mass is 10.1. The van der Waals surface area contributed by atoms with Crippen molar-refractivity contribution in [2.45, 2.75) is 19.9 Å². The average Bonchev–Trinajstić information content (AvgIpc) is 2.24. The predicted octanol–water partition coefficient (Wildman–Crippen LogP) is 0.266. The van der Waals surface area contributed by atoms with Gasteiger partial charge >= 0.3 is 16.4 Å². The van der Waals surface area contributed by atoms with Gasteiger partial charge in [0.2, 0.25) is 0 Å². The maximum atomic E-state index is 11.0. The van der Waals surface area contributed by atoms with Crippen LogP contribution in [0.5, 0.6) is 0 Å². The molecule has 1 N–H and O–H groups in total. The molecule has 1 aliphatic heterocycles. The van der Waals surface area contributed by atoms with E-state index in [-0.39, 0.29) is 12.5 Å². The highest BCUT2D eigenvalue weighted by Crippen LogP contribution is 2.23. The molecule has 0 spiro atoms. The van der Waals surface area contributed by atoms with E-state index in [1.165, 1.54) is 0 Å². The summed E-state index contributed by atoms with van der Waals surface area (Å²) in [5.41, 5.74) is 0. The quantitative estimate of drug-likeness (QED) is 0.670. The molecule has 0 radical (unpaired) electrons. The molecule has 0 aromatic heterocycles. The minimum atomic E-state index is -4.05. The van der Waals surface area contributed by atoms with Gasteiger partial charge in [-0.25, -0.2) is 4.79 Å². The molecule has 7 heteroatoms. The van der Waals surface area contributed by atoms with Crippen molar-refractivity contribution in [2.24, 2.45) is 5.92 Å². The standard InChI is InChI=1S/C6H11NO5S/c1-4(2)5-3-12-13(10,11)7(5)6(8)9/h4-5H,3H2,1-2H3,(H,8,9)/t5-/m0/s1. The van der Waals surface area contributed by atoms with E-state index in [4.69, 9.17) is 5.11 Å². The van der Waals surface area contributed by atoms with Crippen molar-refractivity contribution in [1.82, 2.24) is 4.31 Å². The van der Waals surface area contributed by atoms with Crippen LogP contribution in [0.1, 0.15) is 13.8 Å². The molecule has 0 unspecified atom stereocenters. The first-order chi connectivity index (χ1) is 5.86. The molecule has 0 aromatic carbocycles. The van der Waals surface area contributed by atoms with Gasteiger partial charge in [0.15, 0.2) is 0 Å². The summed E-state index contributed by atoms with van der Waals surface area (Å²) in [5, 5.41) is 8.63. The van der Waals surface area contributed by atoms with Gasteiger partial charge in [-0.05, 0) is 5.92 Å². The SMILES string of the molecule is CC(C)[C@@H]1COS(=O)(=O)N1C(=O)O. The molecule has 1 saturated heterocycles. The summed E-state index contributed by atoms with van der Waals surface area (Å²) >= 11 is 0. The summed E-state index contributed by atoms with van der Waals surface area (Å²) in [6, 6.07) is -0.609.